The quantitative estimate of drug-likeness (QED) is 0.729. The van der Waals surface area contributed by atoms with Crippen LogP contribution in [0.3, 0.4) is 0 Å². The number of rotatable bonds is 5. The fourth-order valence-electron chi connectivity index (χ4n) is 2.85. The Morgan fingerprint density at radius 1 is 1.35 bits per heavy atom. The SMILES string of the molecule is CN(C)S(=O)(=O)CCCN1CC[C@H]2CNC[C@H]21. The van der Waals surface area contributed by atoms with Gasteiger partial charge in [0.15, 0.2) is 0 Å². The van der Waals surface area contributed by atoms with E-state index in [1.54, 1.807) is 14.1 Å². The number of sulfonamides is 1. The fourth-order valence-corrected chi connectivity index (χ4v) is 3.71. The van der Waals surface area contributed by atoms with Crippen molar-refractivity contribution < 1.29 is 8.42 Å². The molecule has 0 aromatic carbocycles. The summed E-state index contributed by atoms with van der Waals surface area (Å²) in [6.07, 6.45) is 2.00. The van der Waals surface area contributed by atoms with Gasteiger partial charge in [0, 0.05) is 26.7 Å². The van der Waals surface area contributed by atoms with E-state index >= 15 is 0 Å². The van der Waals surface area contributed by atoms with Crippen molar-refractivity contribution in [3.05, 3.63) is 0 Å². The molecule has 17 heavy (non-hydrogen) atoms. The Morgan fingerprint density at radius 3 is 2.82 bits per heavy atom. The van der Waals surface area contributed by atoms with E-state index in [1.807, 2.05) is 0 Å². The van der Waals surface area contributed by atoms with Crippen LogP contribution in [0.4, 0.5) is 0 Å². The lowest BCUT2D eigenvalue weighted by molar-refractivity contribution is 0.253. The lowest BCUT2D eigenvalue weighted by Gasteiger charge is -2.23. The molecule has 1 N–H and O–H groups in total. The molecule has 0 aromatic rings. The summed E-state index contributed by atoms with van der Waals surface area (Å²) in [5.74, 6) is 1.06. The van der Waals surface area contributed by atoms with Gasteiger partial charge in [0.1, 0.15) is 0 Å². The summed E-state index contributed by atoms with van der Waals surface area (Å²) < 4.78 is 24.6. The molecule has 2 atom stereocenters. The normalized spacial score (nSPS) is 30.1. The van der Waals surface area contributed by atoms with Crippen molar-refractivity contribution >= 4 is 10.0 Å². The highest BCUT2D eigenvalue weighted by molar-refractivity contribution is 7.89. The number of fused-ring (bicyclic) bond motifs is 1. The van der Waals surface area contributed by atoms with E-state index in [0.717, 1.165) is 38.5 Å². The topological polar surface area (TPSA) is 52.7 Å². The third-order valence-corrected chi connectivity index (χ3v) is 5.88. The Kier molecular flexibility index (Phi) is 4.07. The van der Waals surface area contributed by atoms with Crippen molar-refractivity contribution in [2.45, 2.75) is 18.9 Å². The standard InChI is InChI=1S/C11H23N3O2S/c1-13(2)17(15,16)7-3-5-14-6-4-10-8-12-9-11(10)14/h10-12H,3-9H2,1-2H3/t10-,11+/m0/s1. The van der Waals surface area contributed by atoms with Gasteiger partial charge in [-0.15, -0.1) is 0 Å². The molecular weight excluding hydrogens is 238 g/mol. The van der Waals surface area contributed by atoms with Crippen LogP contribution < -0.4 is 5.32 Å². The number of nitrogens with zero attached hydrogens (tertiary/aromatic N) is 2. The molecule has 2 aliphatic heterocycles. The largest absolute Gasteiger partial charge is 0.315 e. The second-order valence-electron chi connectivity index (χ2n) is 5.26. The van der Waals surface area contributed by atoms with Crippen LogP contribution in [0.2, 0.25) is 0 Å². The average Bonchev–Trinajstić information content (AvgIpc) is 2.81. The van der Waals surface area contributed by atoms with Gasteiger partial charge < -0.3 is 5.32 Å². The van der Waals surface area contributed by atoms with Gasteiger partial charge in [-0.05, 0) is 38.4 Å². The number of nitrogens with one attached hydrogen (secondary N) is 1. The molecule has 2 fully saturated rings. The van der Waals surface area contributed by atoms with Gasteiger partial charge in [0.05, 0.1) is 5.75 Å². The van der Waals surface area contributed by atoms with Crippen LogP contribution in [0.1, 0.15) is 12.8 Å². The van der Waals surface area contributed by atoms with E-state index in [1.165, 1.54) is 10.7 Å². The van der Waals surface area contributed by atoms with E-state index in [0.29, 0.717) is 6.04 Å². The van der Waals surface area contributed by atoms with Crippen LogP contribution in [0.15, 0.2) is 0 Å². The highest BCUT2D eigenvalue weighted by Crippen LogP contribution is 2.26. The van der Waals surface area contributed by atoms with Crippen molar-refractivity contribution in [2.24, 2.45) is 5.92 Å². The zero-order valence-electron chi connectivity index (χ0n) is 10.7. The summed E-state index contributed by atoms with van der Waals surface area (Å²) in [5, 5.41) is 3.41. The third-order valence-electron chi connectivity index (χ3n) is 3.96. The number of hydrogen-bond donors (Lipinski definition) is 1. The molecule has 0 radical (unpaired) electrons. The molecule has 2 saturated heterocycles. The minimum atomic E-state index is -3.02. The van der Waals surface area contributed by atoms with E-state index in [2.05, 4.69) is 10.2 Å². The van der Waals surface area contributed by atoms with Crippen LogP contribution in [-0.2, 0) is 10.0 Å². The van der Waals surface area contributed by atoms with Crippen molar-refractivity contribution in [3.63, 3.8) is 0 Å². The van der Waals surface area contributed by atoms with Crippen LogP contribution in [0.5, 0.6) is 0 Å². The maximum absolute atomic E-state index is 11.6. The van der Waals surface area contributed by atoms with Gasteiger partial charge in [0.2, 0.25) is 10.0 Å². The zero-order chi connectivity index (χ0) is 12.5. The molecule has 0 unspecified atom stereocenters. The van der Waals surface area contributed by atoms with Crippen molar-refractivity contribution in [3.8, 4) is 0 Å². The smallest absolute Gasteiger partial charge is 0.213 e. The first-order chi connectivity index (χ1) is 8.00. The number of likely N-dealkylation sites (tertiary alicyclic amines) is 1. The second kappa shape index (κ2) is 5.22. The Morgan fingerprint density at radius 2 is 2.12 bits per heavy atom. The van der Waals surface area contributed by atoms with Gasteiger partial charge in [-0.3, -0.25) is 4.90 Å². The molecule has 100 valence electrons. The lowest BCUT2D eigenvalue weighted by atomic mass is 10.1. The van der Waals surface area contributed by atoms with Gasteiger partial charge >= 0.3 is 0 Å². The molecule has 0 aromatic heterocycles. The maximum atomic E-state index is 11.6. The van der Waals surface area contributed by atoms with Crippen LogP contribution >= 0.6 is 0 Å². The van der Waals surface area contributed by atoms with Crippen LogP contribution in [0.25, 0.3) is 0 Å². The summed E-state index contributed by atoms with van der Waals surface area (Å²) in [4.78, 5) is 2.45. The molecular formula is C11H23N3O2S. The van der Waals surface area contributed by atoms with Gasteiger partial charge in [0.25, 0.3) is 0 Å². The van der Waals surface area contributed by atoms with Crippen LogP contribution in [0, 0.1) is 5.92 Å². The second-order valence-corrected chi connectivity index (χ2v) is 7.56. The molecule has 0 aliphatic carbocycles. The first-order valence-corrected chi connectivity index (χ1v) is 7.96. The highest BCUT2D eigenvalue weighted by atomic mass is 32.2. The molecule has 0 amide bonds. The summed E-state index contributed by atoms with van der Waals surface area (Å²) in [6.45, 7) is 4.26. The Balaban J connectivity index is 1.76. The van der Waals surface area contributed by atoms with E-state index in [9.17, 15) is 8.42 Å². The Bertz CT molecular complexity index is 356. The lowest BCUT2D eigenvalue weighted by Crippen LogP contribution is -2.36. The molecule has 0 bridgehead atoms. The molecule has 2 rings (SSSR count). The predicted octanol–water partition coefficient (Wildman–Crippen LogP) is -0.438. The first-order valence-electron chi connectivity index (χ1n) is 6.35. The maximum Gasteiger partial charge on any atom is 0.213 e. The number of hydrogen-bond acceptors (Lipinski definition) is 4. The van der Waals surface area contributed by atoms with E-state index in [-0.39, 0.29) is 5.75 Å². The van der Waals surface area contributed by atoms with Crippen molar-refractivity contribution in [1.29, 1.82) is 0 Å². The van der Waals surface area contributed by atoms with Gasteiger partial charge in [-0.25, -0.2) is 12.7 Å². The molecule has 5 nitrogen and oxygen atoms in total. The first kappa shape index (κ1) is 13.3. The van der Waals surface area contributed by atoms with E-state index < -0.39 is 10.0 Å². The van der Waals surface area contributed by atoms with Crippen molar-refractivity contribution in [1.82, 2.24) is 14.5 Å². The summed E-state index contributed by atoms with van der Waals surface area (Å²) in [7, 11) is 0.178. The fraction of sp³-hybridized carbons (Fsp3) is 1.00. The minimum Gasteiger partial charge on any atom is -0.315 e. The highest BCUT2D eigenvalue weighted by Gasteiger charge is 2.36. The predicted molar refractivity (Wildman–Crippen MR) is 68.4 cm³/mol. The molecule has 6 heteroatoms. The van der Waals surface area contributed by atoms with Gasteiger partial charge in [-0.2, -0.15) is 0 Å². The molecule has 2 heterocycles. The summed E-state index contributed by atoms with van der Waals surface area (Å²) in [6, 6.07) is 0.650. The average molecular weight is 261 g/mol. The Hall–Kier alpha value is -0.170. The third kappa shape index (κ3) is 2.99. The molecule has 0 spiro atoms. The van der Waals surface area contributed by atoms with Crippen molar-refractivity contribution in [2.75, 3.05) is 46.0 Å². The zero-order valence-corrected chi connectivity index (χ0v) is 11.5. The summed E-state index contributed by atoms with van der Waals surface area (Å²) >= 11 is 0. The monoisotopic (exact) mass is 261 g/mol. The molecule has 0 saturated carbocycles. The summed E-state index contributed by atoms with van der Waals surface area (Å²) in [5.41, 5.74) is 0. The minimum absolute atomic E-state index is 0.265. The van der Waals surface area contributed by atoms with Crippen LogP contribution in [-0.4, -0.2) is 69.7 Å². The van der Waals surface area contributed by atoms with E-state index in [4.69, 9.17) is 0 Å². The van der Waals surface area contributed by atoms with Gasteiger partial charge in [-0.1, -0.05) is 0 Å². The Labute approximate surface area is 104 Å². The molecule has 2 aliphatic rings.